The number of hydrogen-bond donors (Lipinski definition) is 0. The van der Waals surface area contributed by atoms with E-state index in [1.54, 1.807) is 12.1 Å². The van der Waals surface area contributed by atoms with Gasteiger partial charge in [0.15, 0.2) is 49.4 Å². The van der Waals surface area contributed by atoms with E-state index < -0.39 is 66.0 Å². The molecule has 6 aromatic rings. The lowest BCUT2D eigenvalue weighted by molar-refractivity contribution is -0.236. The lowest BCUT2D eigenvalue weighted by Gasteiger charge is -2.34. The van der Waals surface area contributed by atoms with Crippen molar-refractivity contribution in [2.24, 2.45) is 0 Å². The van der Waals surface area contributed by atoms with Gasteiger partial charge < -0.3 is 18.9 Å². The summed E-state index contributed by atoms with van der Waals surface area (Å²) in [6.07, 6.45) is 0. The van der Waals surface area contributed by atoms with Crippen molar-refractivity contribution in [2.75, 3.05) is 26.4 Å². The Hall–Kier alpha value is -5.18. The SMILES string of the molecule is FC1(F)COc2ccc(P(c3ccccc3)c3ccccc3)c(-c3c(P(c4ccccc4)c4ccccc4)ccc4c3OCC(F)(F)C(F)(F)CO4)c2OCC1(F)F. The molecule has 6 aromatic carbocycles. The average molecular weight is 839 g/mol. The highest BCUT2D eigenvalue weighted by Crippen LogP contribution is 2.54. The van der Waals surface area contributed by atoms with Crippen LogP contribution >= 0.6 is 15.8 Å². The van der Waals surface area contributed by atoms with Gasteiger partial charge in [0, 0.05) is 11.1 Å². The summed E-state index contributed by atoms with van der Waals surface area (Å²) < 4.78 is 143. The molecule has 0 radical (unpaired) electrons. The standard InChI is InChI=1S/C44H32F8O4P2/c45-41(46)25-53-33-21-23-35(57(29-13-5-1-6-14-29)30-15-7-2-8-16-30)37(39(33)55-27-43(41,49)50)38-36(58(31-17-9-3-10-18-31)32-19-11-4-12-20-32)24-22-34-40(38)56-28-44(51,52)42(47,48)26-54-34/h1-24H,25-28H2. The maximum Gasteiger partial charge on any atom is 0.346 e. The fraction of sp³-hybridized carbons (Fsp3) is 0.182. The molecule has 0 amide bonds. The molecule has 4 nitrogen and oxygen atoms in total. The normalized spacial score (nSPS) is 17.8. The first-order valence-corrected chi connectivity index (χ1v) is 20.6. The number of halogens is 8. The van der Waals surface area contributed by atoms with Crippen LogP contribution < -0.4 is 50.8 Å². The maximum absolute atomic E-state index is 15.3. The second-order valence-corrected chi connectivity index (χ2v) is 17.9. The van der Waals surface area contributed by atoms with E-state index in [0.717, 1.165) is 21.2 Å². The molecule has 298 valence electrons. The van der Waals surface area contributed by atoms with Crippen LogP contribution in [0, 0.1) is 0 Å². The Morgan fingerprint density at radius 1 is 0.328 bits per heavy atom. The van der Waals surface area contributed by atoms with Gasteiger partial charge >= 0.3 is 23.7 Å². The van der Waals surface area contributed by atoms with Gasteiger partial charge in [0.25, 0.3) is 0 Å². The molecule has 0 saturated heterocycles. The smallest absolute Gasteiger partial charge is 0.346 e. The summed E-state index contributed by atoms with van der Waals surface area (Å²) in [5, 5.41) is 3.91. The largest absolute Gasteiger partial charge is 0.483 e. The van der Waals surface area contributed by atoms with Crippen molar-refractivity contribution in [3.05, 3.63) is 146 Å². The lowest BCUT2D eigenvalue weighted by Crippen LogP contribution is -2.50. The Morgan fingerprint density at radius 3 is 0.862 bits per heavy atom. The highest BCUT2D eigenvalue weighted by atomic mass is 31.1. The molecule has 0 bridgehead atoms. The fourth-order valence-corrected chi connectivity index (χ4v) is 11.6. The van der Waals surface area contributed by atoms with E-state index in [0.29, 0.717) is 10.6 Å². The summed E-state index contributed by atoms with van der Waals surface area (Å²) >= 11 is 0. The summed E-state index contributed by atoms with van der Waals surface area (Å²) in [5.74, 6) is -20.1. The molecule has 0 N–H and O–H groups in total. The molecule has 0 saturated carbocycles. The molecule has 0 aromatic heterocycles. The first kappa shape index (κ1) is 39.6. The molecular weight excluding hydrogens is 806 g/mol. The van der Waals surface area contributed by atoms with Crippen molar-refractivity contribution in [2.45, 2.75) is 23.7 Å². The zero-order valence-electron chi connectivity index (χ0n) is 30.2. The summed E-state index contributed by atoms with van der Waals surface area (Å²) in [6.45, 7) is -6.97. The molecule has 2 heterocycles. The van der Waals surface area contributed by atoms with Crippen molar-refractivity contribution >= 4 is 47.7 Å². The number of rotatable bonds is 7. The third-order valence-corrected chi connectivity index (χ3v) is 14.6. The molecular formula is C44H32F8O4P2. The van der Waals surface area contributed by atoms with Gasteiger partial charge in [-0.25, -0.2) is 0 Å². The van der Waals surface area contributed by atoms with Gasteiger partial charge in [-0.15, -0.1) is 0 Å². The van der Waals surface area contributed by atoms with Crippen molar-refractivity contribution in [3.8, 4) is 34.1 Å². The highest BCUT2D eigenvalue weighted by molar-refractivity contribution is 7.80. The van der Waals surface area contributed by atoms with Crippen LogP contribution in [-0.2, 0) is 0 Å². The van der Waals surface area contributed by atoms with Crippen molar-refractivity contribution in [1.82, 2.24) is 0 Å². The van der Waals surface area contributed by atoms with E-state index in [4.69, 9.17) is 18.9 Å². The zero-order chi connectivity index (χ0) is 40.7. The summed E-state index contributed by atoms with van der Waals surface area (Å²) in [7, 11) is -3.38. The number of ether oxygens (including phenoxy) is 4. The quantitative estimate of drug-likeness (QED) is 0.119. The Balaban J connectivity index is 1.52. The molecule has 58 heavy (non-hydrogen) atoms. The number of fused-ring (bicyclic) bond motifs is 2. The van der Waals surface area contributed by atoms with Gasteiger partial charge in [-0.2, -0.15) is 35.1 Å². The first-order chi connectivity index (χ1) is 27.8. The molecule has 8 rings (SSSR count). The number of benzene rings is 6. The first-order valence-electron chi connectivity index (χ1n) is 18.0. The minimum atomic E-state index is -4.70. The second-order valence-electron chi connectivity index (χ2n) is 13.6. The van der Waals surface area contributed by atoms with E-state index in [1.165, 1.54) is 12.1 Å². The van der Waals surface area contributed by atoms with Crippen molar-refractivity contribution < 1.29 is 54.1 Å². The molecule has 0 aliphatic carbocycles. The van der Waals surface area contributed by atoms with Gasteiger partial charge in [0.2, 0.25) is 0 Å². The van der Waals surface area contributed by atoms with Gasteiger partial charge in [0.1, 0.15) is 0 Å². The van der Waals surface area contributed by atoms with Gasteiger partial charge in [-0.05, 0) is 71.9 Å². The van der Waals surface area contributed by atoms with Crippen LogP contribution in [-0.4, -0.2) is 50.1 Å². The minimum absolute atomic E-state index is 0.00259. The van der Waals surface area contributed by atoms with E-state index >= 15 is 17.6 Å². The van der Waals surface area contributed by atoms with Crippen LogP contribution in [0.3, 0.4) is 0 Å². The summed E-state index contributed by atoms with van der Waals surface area (Å²) in [5.41, 5.74) is 0.00518. The highest BCUT2D eigenvalue weighted by Gasteiger charge is 2.60. The molecule has 2 aliphatic heterocycles. The zero-order valence-corrected chi connectivity index (χ0v) is 32.0. The van der Waals surface area contributed by atoms with Crippen LogP contribution in [0.4, 0.5) is 35.1 Å². The van der Waals surface area contributed by atoms with Crippen LogP contribution in [0.1, 0.15) is 0 Å². The van der Waals surface area contributed by atoms with Gasteiger partial charge in [0.05, 0.1) is 0 Å². The fourth-order valence-electron chi connectivity index (χ4n) is 6.72. The Morgan fingerprint density at radius 2 is 0.586 bits per heavy atom. The van der Waals surface area contributed by atoms with Crippen LogP contribution in [0.2, 0.25) is 0 Å². The van der Waals surface area contributed by atoms with E-state index in [2.05, 4.69) is 0 Å². The predicted octanol–water partition coefficient (Wildman–Crippen LogP) is 8.95. The third kappa shape index (κ3) is 7.37. The van der Waals surface area contributed by atoms with Crippen LogP contribution in [0.15, 0.2) is 146 Å². The van der Waals surface area contributed by atoms with Crippen LogP contribution in [0.5, 0.6) is 23.0 Å². The maximum atomic E-state index is 15.3. The van der Waals surface area contributed by atoms with Crippen molar-refractivity contribution in [1.29, 1.82) is 0 Å². The Labute approximate surface area is 330 Å². The Bertz CT molecular complexity index is 2140. The lowest BCUT2D eigenvalue weighted by atomic mass is 10.0. The summed E-state index contributed by atoms with van der Waals surface area (Å²) in [6, 6.07) is 42.6. The molecule has 0 fully saturated rings. The molecule has 14 heteroatoms. The van der Waals surface area contributed by atoms with Crippen LogP contribution in [0.25, 0.3) is 11.1 Å². The van der Waals surface area contributed by atoms with E-state index in [9.17, 15) is 17.6 Å². The molecule has 0 unspecified atom stereocenters. The predicted molar refractivity (Wildman–Crippen MR) is 211 cm³/mol. The molecule has 0 spiro atoms. The monoisotopic (exact) mass is 838 g/mol. The number of hydrogen-bond acceptors (Lipinski definition) is 4. The Kier molecular flexibility index (Phi) is 10.6. The number of alkyl halides is 8. The van der Waals surface area contributed by atoms with E-state index in [1.807, 2.05) is 121 Å². The summed E-state index contributed by atoms with van der Waals surface area (Å²) in [4.78, 5) is 0. The van der Waals surface area contributed by atoms with Gasteiger partial charge in [-0.1, -0.05) is 121 Å². The minimum Gasteiger partial charge on any atom is -0.483 e. The van der Waals surface area contributed by atoms with Crippen molar-refractivity contribution in [3.63, 3.8) is 0 Å². The topological polar surface area (TPSA) is 36.9 Å². The average Bonchev–Trinajstić information content (AvgIpc) is 3.22. The molecule has 0 atom stereocenters. The molecule has 2 aliphatic rings. The van der Waals surface area contributed by atoms with Gasteiger partial charge in [-0.3, -0.25) is 0 Å². The second kappa shape index (κ2) is 15.5. The van der Waals surface area contributed by atoms with E-state index in [-0.39, 0.29) is 34.1 Å². The third-order valence-electron chi connectivity index (χ3n) is 9.67.